The number of sulfonamides is 1. The monoisotopic (exact) mass is 415 g/mol. The number of likely N-dealkylation sites (N-methyl/N-ethyl adjacent to an activating group) is 1. The van der Waals surface area contributed by atoms with Gasteiger partial charge in [-0.25, -0.2) is 13.1 Å². The molecule has 29 heavy (non-hydrogen) atoms. The highest BCUT2D eigenvalue weighted by atomic mass is 32.2. The third-order valence-electron chi connectivity index (χ3n) is 4.24. The number of fused-ring (bicyclic) bond motifs is 1. The van der Waals surface area contributed by atoms with Gasteiger partial charge in [-0.05, 0) is 49.1 Å². The molecule has 0 spiro atoms. The Balaban J connectivity index is 1.88. The van der Waals surface area contributed by atoms with Gasteiger partial charge in [-0.1, -0.05) is 30.3 Å². The lowest BCUT2D eigenvalue weighted by Crippen LogP contribution is -2.31. The summed E-state index contributed by atoms with van der Waals surface area (Å²) in [7, 11) is -0.232. The zero-order valence-corrected chi connectivity index (χ0v) is 16.8. The lowest BCUT2D eigenvalue weighted by atomic mass is 10.1. The maximum atomic E-state index is 12.4. The fourth-order valence-electron chi connectivity index (χ4n) is 2.74. The van der Waals surface area contributed by atoms with Gasteiger partial charge in [-0.15, -0.1) is 0 Å². The van der Waals surface area contributed by atoms with Gasteiger partial charge in [0.2, 0.25) is 15.8 Å². The molecule has 0 amide bonds. The number of rotatable bonds is 8. The SMILES string of the molecule is CN(C)CCNS(=O)(=O)c1ccc(Oc2ccc3ccccc3c2)c([N+](=O)[O-])c1. The van der Waals surface area contributed by atoms with Crippen LogP contribution >= 0.6 is 0 Å². The molecule has 9 heteroatoms. The van der Waals surface area contributed by atoms with Gasteiger partial charge in [0.05, 0.1) is 9.82 Å². The second kappa shape index (κ2) is 8.56. The molecule has 8 nitrogen and oxygen atoms in total. The van der Waals surface area contributed by atoms with Gasteiger partial charge in [0.25, 0.3) is 0 Å². The minimum atomic E-state index is -3.87. The van der Waals surface area contributed by atoms with Crippen molar-refractivity contribution < 1.29 is 18.1 Å². The first-order valence-electron chi connectivity index (χ1n) is 8.86. The first-order chi connectivity index (χ1) is 13.8. The van der Waals surface area contributed by atoms with Crippen LogP contribution in [0, 0.1) is 10.1 Å². The summed E-state index contributed by atoms with van der Waals surface area (Å²) in [5.74, 6) is 0.393. The predicted molar refractivity (Wildman–Crippen MR) is 111 cm³/mol. The van der Waals surface area contributed by atoms with E-state index in [1.54, 1.807) is 12.1 Å². The van der Waals surface area contributed by atoms with E-state index >= 15 is 0 Å². The highest BCUT2D eigenvalue weighted by Gasteiger charge is 2.22. The van der Waals surface area contributed by atoms with E-state index in [4.69, 9.17) is 4.74 Å². The molecular formula is C20H21N3O5S. The number of hydrogen-bond donors (Lipinski definition) is 1. The number of nitro benzene ring substituents is 1. The molecule has 0 aliphatic heterocycles. The third kappa shape index (κ3) is 5.08. The number of nitrogens with zero attached hydrogens (tertiary/aromatic N) is 2. The van der Waals surface area contributed by atoms with Crippen LogP contribution in [0.5, 0.6) is 11.5 Å². The predicted octanol–water partition coefficient (Wildman–Crippen LogP) is 3.38. The standard InChI is InChI=1S/C20H21N3O5S/c1-22(2)12-11-21-29(26,27)18-9-10-20(19(14-18)23(24)25)28-17-8-7-15-5-3-4-6-16(15)13-17/h3-10,13-14,21H,11-12H2,1-2H3. The van der Waals surface area contributed by atoms with Gasteiger partial charge in [0, 0.05) is 19.2 Å². The molecule has 0 radical (unpaired) electrons. The van der Waals surface area contributed by atoms with Gasteiger partial charge < -0.3 is 9.64 Å². The maximum Gasteiger partial charge on any atom is 0.312 e. The molecule has 0 bridgehead atoms. The fourth-order valence-corrected chi connectivity index (χ4v) is 3.78. The average molecular weight is 415 g/mol. The Morgan fingerprint density at radius 3 is 2.45 bits per heavy atom. The largest absolute Gasteiger partial charge is 0.450 e. The summed E-state index contributed by atoms with van der Waals surface area (Å²) in [5, 5.41) is 13.5. The van der Waals surface area contributed by atoms with Crippen molar-refractivity contribution in [3.63, 3.8) is 0 Å². The van der Waals surface area contributed by atoms with E-state index in [9.17, 15) is 18.5 Å². The molecule has 0 heterocycles. The van der Waals surface area contributed by atoms with Crippen LogP contribution in [-0.4, -0.2) is 45.4 Å². The van der Waals surface area contributed by atoms with E-state index in [2.05, 4.69) is 4.72 Å². The molecule has 0 unspecified atom stereocenters. The van der Waals surface area contributed by atoms with Crippen molar-refractivity contribution in [2.45, 2.75) is 4.90 Å². The molecule has 0 aliphatic carbocycles. The van der Waals surface area contributed by atoms with Gasteiger partial charge in [-0.2, -0.15) is 0 Å². The quantitative estimate of drug-likeness (QED) is 0.447. The Kier molecular flexibility index (Phi) is 6.12. The molecule has 0 atom stereocenters. The summed E-state index contributed by atoms with van der Waals surface area (Å²) in [6.45, 7) is 0.697. The second-order valence-corrected chi connectivity index (χ2v) is 8.47. The smallest absolute Gasteiger partial charge is 0.312 e. The van der Waals surface area contributed by atoms with Crippen molar-refractivity contribution in [3.05, 3.63) is 70.8 Å². The van der Waals surface area contributed by atoms with Crippen molar-refractivity contribution in [2.24, 2.45) is 0 Å². The van der Waals surface area contributed by atoms with Gasteiger partial charge >= 0.3 is 5.69 Å². The minimum Gasteiger partial charge on any atom is -0.450 e. The van der Waals surface area contributed by atoms with E-state index in [0.717, 1.165) is 16.8 Å². The van der Waals surface area contributed by atoms with Crippen LogP contribution in [0.1, 0.15) is 0 Å². The number of nitrogens with one attached hydrogen (secondary N) is 1. The molecule has 0 saturated carbocycles. The minimum absolute atomic E-state index is 0.0301. The summed E-state index contributed by atoms with van der Waals surface area (Å²) in [4.78, 5) is 12.5. The zero-order valence-electron chi connectivity index (χ0n) is 16.0. The molecule has 3 rings (SSSR count). The second-order valence-electron chi connectivity index (χ2n) is 6.70. The number of ether oxygens (including phenoxy) is 1. The van der Waals surface area contributed by atoms with Crippen molar-refractivity contribution in [3.8, 4) is 11.5 Å². The molecule has 0 saturated heterocycles. The van der Waals surface area contributed by atoms with Gasteiger partial charge in [-0.3, -0.25) is 10.1 Å². The first-order valence-corrected chi connectivity index (χ1v) is 10.3. The van der Waals surface area contributed by atoms with Crippen molar-refractivity contribution in [1.29, 1.82) is 0 Å². The molecule has 152 valence electrons. The third-order valence-corrected chi connectivity index (χ3v) is 5.70. The number of nitro groups is 1. The Labute approximate surface area is 168 Å². The Hall–Kier alpha value is -3.01. The van der Waals surface area contributed by atoms with Crippen LogP contribution in [0.2, 0.25) is 0 Å². The van der Waals surface area contributed by atoms with E-state index in [0.29, 0.717) is 12.3 Å². The molecular weight excluding hydrogens is 394 g/mol. The average Bonchev–Trinajstić information content (AvgIpc) is 2.67. The Bertz CT molecular complexity index is 1150. The summed E-state index contributed by atoms with van der Waals surface area (Å²) < 4.78 is 32.9. The first kappa shape index (κ1) is 20.7. The Morgan fingerprint density at radius 2 is 1.76 bits per heavy atom. The van der Waals surface area contributed by atoms with Crippen LogP contribution in [0.3, 0.4) is 0 Å². The van der Waals surface area contributed by atoms with E-state index in [1.165, 1.54) is 12.1 Å². The van der Waals surface area contributed by atoms with Crippen molar-refractivity contribution >= 4 is 26.5 Å². The molecule has 1 N–H and O–H groups in total. The van der Waals surface area contributed by atoms with Crippen LogP contribution in [0.25, 0.3) is 10.8 Å². The van der Waals surface area contributed by atoms with Gasteiger partial charge in [0.1, 0.15) is 5.75 Å². The topological polar surface area (TPSA) is 102 Å². The molecule has 3 aromatic rings. The van der Waals surface area contributed by atoms with Crippen LogP contribution < -0.4 is 9.46 Å². The molecule has 3 aromatic carbocycles. The number of benzene rings is 3. The van der Waals surface area contributed by atoms with E-state index < -0.39 is 20.6 Å². The maximum absolute atomic E-state index is 12.4. The van der Waals surface area contributed by atoms with E-state index in [1.807, 2.05) is 49.3 Å². The number of hydrogen-bond acceptors (Lipinski definition) is 6. The highest BCUT2D eigenvalue weighted by molar-refractivity contribution is 7.89. The lowest BCUT2D eigenvalue weighted by molar-refractivity contribution is -0.385. The summed E-state index contributed by atoms with van der Waals surface area (Å²) >= 11 is 0. The van der Waals surface area contributed by atoms with Gasteiger partial charge in [0.15, 0.2) is 0 Å². The summed E-state index contributed by atoms with van der Waals surface area (Å²) in [6, 6.07) is 16.6. The van der Waals surface area contributed by atoms with Crippen LogP contribution in [-0.2, 0) is 10.0 Å². The summed E-state index contributed by atoms with van der Waals surface area (Å²) in [6.07, 6.45) is 0. The summed E-state index contributed by atoms with van der Waals surface area (Å²) in [5.41, 5.74) is -0.423. The highest BCUT2D eigenvalue weighted by Crippen LogP contribution is 2.34. The molecule has 0 fully saturated rings. The van der Waals surface area contributed by atoms with Crippen molar-refractivity contribution in [1.82, 2.24) is 9.62 Å². The molecule has 0 aromatic heterocycles. The van der Waals surface area contributed by atoms with Crippen molar-refractivity contribution in [2.75, 3.05) is 27.2 Å². The molecule has 0 aliphatic rings. The zero-order chi connectivity index (χ0) is 21.0. The van der Waals surface area contributed by atoms with Crippen LogP contribution in [0.4, 0.5) is 5.69 Å². The fraction of sp³-hybridized carbons (Fsp3) is 0.200. The Morgan fingerprint density at radius 1 is 1.03 bits per heavy atom. The lowest BCUT2D eigenvalue weighted by Gasteiger charge is -2.12. The van der Waals surface area contributed by atoms with E-state index in [-0.39, 0.29) is 17.2 Å². The van der Waals surface area contributed by atoms with Crippen LogP contribution in [0.15, 0.2) is 65.6 Å². The normalized spacial score (nSPS) is 11.7.